The first-order chi connectivity index (χ1) is 17.3. The van der Waals surface area contributed by atoms with Gasteiger partial charge in [0.05, 0.1) is 6.54 Å². The smallest absolute Gasteiger partial charge is 0.486 e. The van der Waals surface area contributed by atoms with Gasteiger partial charge in [-0.25, -0.2) is 0 Å². The largest absolute Gasteiger partial charge is 0.573 e. The Bertz CT molecular complexity index is 1210. The number of carbonyl (C=O) groups is 1. The molecule has 1 aromatic carbocycles. The molecule has 0 bridgehead atoms. The Morgan fingerprint density at radius 1 is 1.22 bits per heavy atom. The zero-order chi connectivity index (χ0) is 25.9. The van der Waals surface area contributed by atoms with Gasteiger partial charge in [-0.3, -0.25) is 4.79 Å². The monoisotopic (exact) mass is 509 g/mol. The van der Waals surface area contributed by atoms with E-state index in [0.717, 1.165) is 37.4 Å². The fraction of sp³-hybridized carbons (Fsp3) is 0.455. The molecule has 0 atom stereocenters. The lowest BCUT2D eigenvalue weighted by atomic mass is 10.1. The number of nitrogens with one attached hydrogen (secondary N) is 1. The average Bonchev–Trinajstić information content (AvgIpc) is 3.28. The van der Waals surface area contributed by atoms with Crippen molar-refractivity contribution >= 4 is 23.6 Å². The van der Waals surface area contributed by atoms with Crippen molar-refractivity contribution in [3.05, 3.63) is 24.3 Å². The topological polar surface area (TPSA) is 117 Å². The molecule has 5 rings (SSSR count). The number of aromatic nitrogens is 4. The van der Waals surface area contributed by atoms with Gasteiger partial charge in [0.2, 0.25) is 5.65 Å². The fourth-order valence-electron chi connectivity index (χ4n) is 4.34. The third kappa shape index (κ3) is 5.22. The Kier molecular flexibility index (Phi) is 7.33. The average molecular weight is 509 g/mol. The molecule has 194 valence electrons. The van der Waals surface area contributed by atoms with Crippen LogP contribution in [0.25, 0.3) is 17.0 Å². The van der Waals surface area contributed by atoms with Crippen LogP contribution >= 0.6 is 0 Å². The maximum absolute atomic E-state index is 12.7. The third-order valence-electron chi connectivity index (χ3n) is 6.05. The number of nitrogens with zero attached hydrogens (tertiary/aromatic N) is 6. The number of halogens is 3. The van der Waals surface area contributed by atoms with Gasteiger partial charge in [-0.2, -0.15) is 4.52 Å². The second-order valence-electron chi connectivity index (χ2n) is 8.26. The zero-order valence-corrected chi connectivity index (χ0v) is 19.7. The molecule has 36 heavy (non-hydrogen) atoms. The van der Waals surface area contributed by atoms with E-state index >= 15 is 0 Å². The second kappa shape index (κ2) is 10.4. The summed E-state index contributed by atoms with van der Waals surface area (Å²) in [5.41, 5.74) is 1.67. The van der Waals surface area contributed by atoms with Crippen molar-refractivity contribution in [2.45, 2.75) is 25.2 Å². The summed E-state index contributed by atoms with van der Waals surface area (Å²) < 4.78 is 49.7. The Hall–Kier alpha value is -3.81. The Labute approximate surface area is 204 Å². The van der Waals surface area contributed by atoms with Gasteiger partial charge in [0, 0.05) is 31.7 Å². The molecular formula is C22H26F3N7O4. The van der Waals surface area contributed by atoms with Crippen molar-refractivity contribution < 1.29 is 32.5 Å². The number of likely N-dealkylation sites (N-methyl/N-ethyl adjacent to an activating group) is 1. The van der Waals surface area contributed by atoms with Crippen molar-refractivity contribution in [1.82, 2.24) is 25.1 Å². The molecule has 2 aromatic heterocycles. The first-order valence-electron chi connectivity index (χ1n) is 11.2. The van der Waals surface area contributed by atoms with E-state index in [1.807, 2.05) is 14.1 Å². The van der Waals surface area contributed by atoms with Gasteiger partial charge in [0.25, 0.3) is 6.47 Å². The molecule has 1 saturated heterocycles. The van der Waals surface area contributed by atoms with E-state index in [9.17, 15) is 13.2 Å². The van der Waals surface area contributed by atoms with Crippen molar-refractivity contribution in [1.29, 1.82) is 0 Å². The van der Waals surface area contributed by atoms with Gasteiger partial charge in [0.15, 0.2) is 17.4 Å². The highest BCUT2D eigenvalue weighted by Gasteiger charge is 2.33. The van der Waals surface area contributed by atoms with Crippen LogP contribution < -0.4 is 24.6 Å². The number of ether oxygens (including phenoxy) is 2. The first kappa shape index (κ1) is 25.3. The summed E-state index contributed by atoms with van der Waals surface area (Å²) in [5, 5.41) is 23.6. The summed E-state index contributed by atoms with van der Waals surface area (Å²) in [6.45, 7) is 2.58. The molecule has 1 fully saturated rings. The standard InChI is InChI=1S/C21H24F3N7O2.CH2O2/c1-25-14-6-8-30(9-7-14)19-16-17(32-11-10-29(16)2)20-27-26-18(31(20)28-19)13-4-3-5-15(12-13)33-21(22,23)24;2-1-3/h3-5,12,14,25H,6-11H2,1-2H3;1H,(H,2,3). The number of benzene rings is 1. The number of rotatable bonds is 4. The molecular weight excluding hydrogens is 483 g/mol. The summed E-state index contributed by atoms with van der Waals surface area (Å²) in [5.74, 6) is 1.30. The van der Waals surface area contributed by atoms with Crippen molar-refractivity contribution in [3.63, 3.8) is 0 Å². The molecule has 0 unspecified atom stereocenters. The number of fused-ring (bicyclic) bond motifs is 3. The van der Waals surface area contributed by atoms with Crippen LogP contribution in [0, 0.1) is 0 Å². The Morgan fingerprint density at radius 2 is 1.94 bits per heavy atom. The third-order valence-corrected chi connectivity index (χ3v) is 6.05. The molecule has 0 aliphatic carbocycles. The SMILES string of the molecule is CNC1CCN(c2nn3c(-c4cccc(OC(F)(F)F)c4)nnc3c3c2N(C)CCO3)CC1.O=CO. The quantitative estimate of drug-likeness (QED) is 0.508. The summed E-state index contributed by atoms with van der Waals surface area (Å²) in [4.78, 5) is 12.7. The molecule has 2 aliphatic heterocycles. The van der Waals surface area contributed by atoms with Crippen LogP contribution in [0.3, 0.4) is 0 Å². The highest BCUT2D eigenvalue weighted by Crippen LogP contribution is 2.42. The lowest BCUT2D eigenvalue weighted by molar-refractivity contribution is -0.274. The predicted molar refractivity (Wildman–Crippen MR) is 125 cm³/mol. The van der Waals surface area contributed by atoms with E-state index in [-0.39, 0.29) is 12.2 Å². The van der Waals surface area contributed by atoms with E-state index in [2.05, 4.69) is 30.1 Å². The van der Waals surface area contributed by atoms with E-state index in [4.69, 9.17) is 19.7 Å². The summed E-state index contributed by atoms with van der Waals surface area (Å²) in [6, 6.07) is 6.09. The number of carboxylic acid groups (broad SMARTS) is 1. The number of hydrogen-bond donors (Lipinski definition) is 2. The second-order valence-corrected chi connectivity index (χ2v) is 8.26. The number of hydrogen-bond acceptors (Lipinski definition) is 9. The Balaban J connectivity index is 0.000000967. The number of alkyl halides is 3. The van der Waals surface area contributed by atoms with Crippen molar-refractivity contribution in [2.75, 3.05) is 50.1 Å². The van der Waals surface area contributed by atoms with Gasteiger partial charge in [-0.15, -0.1) is 28.5 Å². The van der Waals surface area contributed by atoms with Gasteiger partial charge in [-0.1, -0.05) is 12.1 Å². The molecule has 3 aromatic rings. The lowest BCUT2D eigenvalue weighted by Crippen LogP contribution is -2.43. The molecule has 0 radical (unpaired) electrons. The number of anilines is 2. The van der Waals surface area contributed by atoms with E-state index in [0.29, 0.717) is 42.0 Å². The van der Waals surface area contributed by atoms with Crippen molar-refractivity contribution in [3.8, 4) is 22.9 Å². The maximum atomic E-state index is 12.7. The van der Waals surface area contributed by atoms with E-state index in [1.54, 1.807) is 10.6 Å². The lowest BCUT2D eigenvalue weighted by Gasteiger charge is -2.37. The van der Waals surface area contributed by atoms with Crippen LogP contribution in [0.15, 0.2) is 24.3 Å². The van der Waals surface area contributed by atoms with Gasteiger partial charge >= 0.3 is 6.36 Å². The number of piperidine rings is 1. The fourth-order valence-corrected chi connectivity index (χ4v) is 4.34. The molecule has 0 spiro atoms. The minimum Gasteiger partial charge on any atom is -0.486 e. The zero-order valence-electron chi connectivity index (χ0n) is 19.7. The molecule has 2 aliphatic rings. The molecule has 2 N–H and O–H groups in total. The van der Waals surface area contributed by atoms with Gasteiger partial charge in [0.1, 0.15) is 18.0 Å². The predicted octanol–water partition coefficient (Wildman–Crippen LogP) is 2.41. The molecule has 14 heteroatoms. The molecule has 0 saturated carbocycles. The summed E-state index contributed by atoms with van der Waals surface area (Å²) in [6.07, 6.45) is -2.84. The van der Waals surface area contributed by atoms with Gasteiger partial charge < -0.3 is 29.7 Å². The van der Waals surface area contributed by atoms with Crippen molar-refractivity contribution in [2.24, 2.45) is 0 Å². The highest BCUT2D eigenvalue weighted by atomic mass is 19.4. The van der Waals surface area contributed by atoms with E-state index in [1.165, 1.54) is 18.2 Å². The van der Waals surface area contributed by atoms with Crippen LogP contribution in [0.1, 0.15) is 12.8 Å². The van der Waals surface area contributed by atoms with E-state index < -0.39 is 6.36 Å². The van der Waals surface area contributed by atoms with Crippen LogP contribution in [-0.2, 0) is 4.79 Å². The highest BCUT2D eigenvalue weighted by molar-refractivity contribution is 5.82. The summed E-state index contributed by atoms with van der Waals surface area (Å²) in [7, 11) is 3.95. The first-order valence-corrected chi connectivity index (χ1v) is 11.2. The van der Waals surface area contributed by atoms with Crippen LogP contribution in [0.5, 0.6) is 11.5 Å². The van der Waals surface area contributed by atoms with Crippen LogP contribution in [0.2, 0.25) is 0 Å². The van der Waals surface area contributed by atoms with Crippen LogP contribution in [0.4, 0.5) is 24.7 Å². The minimum atomic E-state index is -4.78. The normalized spacial score (nSPS) is 16.1. The van der Waals surface area contributed by atoms with Crippen LogP contribution in [-0.4, -0.2) is 84.1 Å². The molecule has 0 amide bonds. The Morgan fingerprint density at radius 3 is 2.61 bits per heavy atom. The molecule has 4 heterocycles. The minimum absolute atomic E-state index is 0.250. The molecule has 11 nitrogen and oxygen atoms in total. The maximum Gasteiger partial charge on any atom is 0.573 e. The van der Waals surface area contributed by atoms with Gasteiger partial charge in [-0.05, 0) is 32.0 Å². The summed E-state index contributed by atoms with van der Waals surface area (Å²) >= 11 is 0.